The van der Waals surface area contributed by atoms with Gasteiger partial charge in [0, 0.05) is 0 Å². The van der Waals surface area contributed by atoms with Crippen molar-refractivity contribution in [3.63, 3.8) is 0 Å². The van der Waals surface area contributed by atoms with E-state index in [2.05, 4.69) is 21.0 Å². The van der Waals surface area contributed by atoms with Gasteiger partial charge in [0.05, 0.1) is 11.6 Å². The van der Waals surface area contributed by atoms with E-state index >= 15 is 0 Å². The van der Waals surface area contributed by atoms with Crippen molar-refractivity contribution in [1.82, 2.24) is 15.0 Å². The van der Waals surface area contributed by atoms with Crippen molar-refractivity contribution in [2.45, 2.75) is 13.8 Å². The molecule has 2 aromatic rings. The Labute approximate surface area is 119 Å². The van der Waals surface area contributed by atoms with E-state index in [1.54, 1.807) is 12.1 Å². The van der Waals surface area contributed by atoms with Gasteiger partial charge in [0.2, 0.25) is 10.6 Å². The van der Waals surface area contributed by atoms with Crippen LogP contribution >= 0.6 is 23.2 Å². The Kier molecular flexibility index (Phi) is 3.84. The standard InChI is InChI=1S/C12H8Cl2N4O/c1-6-3-8(5-15)4-7(2)9(6)19-12-17-10(13)16-11(14)18-12/h3-4H,1-2H3. The van der Waals surface area contributed by atoms with Gasteiger partial charge in [-0.05, 0) is 60.3 Å². The van der Waals surface area contributed by atoms with Crippen LogP contribution in [0.2, 0.25) is 10.6 Å². The Morgan fingerprint density at radius 2 is 1.58 bits per heavy atom. The molecule has 0 radical (unpaired) electrons. The number of hydrogen-bond donors (Lipinski definition) is 0. The molecule has 0 aliphatic rings. The van der Waals surface area contributed by atoms with Crippen LogP contribution in [0.1, 0.15) is 16.7 Å². The molecular formula is C12H8Cl2N4O. The van der Waals surface area contributed by atoms with Crippen molar-refractivity contribution in [2.75, 3.05) is 0 Å². The van der Waals surface area contributed by atoms with Crippen molar-refractivity contribution in [3.05, 3.63) is 39.4 Å². The van der Waals surface area contributed by atoms with E-state index in [0.717, 1.165) is 11.1 Å². The van der Waals surface area contributed by atoms with Crippen LogP contribution in [-0.4, -0.2) is 15.0 Å². The van der Waals surface area contributed by atoms with Crippen LogP contribution in [0.15, 0.2) is 12.1 Å². The zero-order valence-corrected chi connectivity index (χ0v) is 11.6. The maximum Gasteiger partial charge on any atom is 0.327 e. The third-order valence-electron chi connectivity index (χ3n) is 2.34. The van der Waals surface area contributed by atoms with Gasteiger partial charge in [0.1, 0.15) is 5.75 Å². The number of rotatable bonds is 2. The Balaban J connectivity index is 2.41. The van der Waals surface area contributed by atoms with Crippen LogP contribution in [0.25, 0.3) is 0 Å². The van der Waals surface area contributed by atoms with Gasteiger partial charge in [0.25, 0.3) is 0 Å². The predicted octanol–water partition coefficient (Wildman–Crippen LogP) is 3.46. The maximum atomic E-state index is 8.88. The highest BCUT2D eigenvalue weighted by Gasteiger charge is 2.11. The highest BCUT2D eigenvalue weighted by molar-refractivity contribution is 6.31. The molecule has 0 amide bonds. The largest absolute Gasteiger partial charge is 0.424 e. The number of halogens is 2. The zero-order valence-electron chi connectivity index (χ0n) is 10.1. The third kappa shape index (κ3) is 3.11. The van der Waals surface area contributed by atoms with Gasteiger partial charge in [0.15, 0.2) is 0 Å². The highest BCUT2D eigenvalue weighted by Crippen LogP contribution is 2.28. The molecule has 0 bridgehead atoms. The lowest BCUT2D eigenvalue weighted by atomic mass is 10.1. The monoisotopic (exact) mass is 294 g/mol. The number of ether oxygens (including phenoxy) is 1. The van der Waals surface area contributed by atoms with Crippen molar-refractivity contribution >= 4 is 23.2 Å². The summed E-state index contributed by atoms with van der Waals surface area (Å²) < 4.78 is 5.56. The van der Waals surface area contributed by atoms with Gasteiger partial charge in [-0.2, -0.15) is 20.2 Å². The molecule has 1 aromatic heterocycles. The molecule has 5 nitrogen and oxygen atoms in total. The molecule has 96 valence electrons. The quantitative estimate of drug-likeness (QED) is 0.848. The van der Waals surface area contributed by atoms with E-state index in [1.807, 2.05) is 13.8 Å². The van der Waals surface area contributed by atoms with E-state index in [9.17, 15) is 0 Å². The van der Waals surface area contributed by atoms with E-state index in [-0.39, 0.29) is 16.6 Å². The van der Waals surface area contributed by atoms with Crippen molar-refractivity contribution < 1.29 is 4.74 Å². The lowest BCUT2D eigenvalue weighted by molar-refractivity contribution is 0.433. The minimum Gasteiger partial charge on any atom is -0.424 e. The van der Waals surface area contributed by atoms with Crippen molar-refractivity contribution in [1.29, 1.82) is 5.26 Å². The van der Waals surface area contributed by atoms with Crippen molar-refractivity contribution in [2.24, 2.45) is 0 Å². The Bertz CT molecular complexity index is 639. The number of hydrogen-bond acceptors (Lipinski definition) is 5. The van der Waals surface area contributed by atoms with Crippen LogP contribution in [0.3, 0.4) is 0 Å². The Morgan fingerprint density at radius 1 is 1.05 bits per heavy atom. The molecule has 0 spiro atoms. The fourth-order valence-electron chi connectivity index (χ4n) is 1.62. The van der Waals surface area contributed by atoms with E-state index in [0.29, 0.717) is 11.3 Å². The highest BCUT2D eigenvalue weighted by atomic mass is 35.5. The molecule has 19 heavy (non-hydrogen) atoms. The lowest BCUT2D eigenvalue weighted by Gasteiger charge is -2.10. The van der Waals surface area contributed by atoms with Crippen LogP contribution in [0.4, 0.5) is 0 Å². The molecule has 2 rings (SSSR count). The number of nitriles is 1. The number of nitrogens with zero attached hydrogens (tertiary/aromatic N) is 4. The summed E-state index contributed by atoms with van der Waals surface area (Å²) in [6.45, 7) is 3.65. The van der Waals surface area contributed by atoms with Crippen LogP contribution in [0, 0.1) is 25.2 Å². The lowest BCUT2D eigenvalue weighted by Crippen LogP contribution is -1.98. The summed E-state index contributed by atoms with van der Waals surface area (Å²) in [5, 5.41) is 8.80. The topological polar surface area (TPSA) is 71.7 Å². The summed E-state index contributed by atoms with van der Waals surface area (Å²) in [6.07, 6.45) is 0. The first kappa shape index (κ1) is 13.5. The molecule has 0 N–H and O–H groups in total. The summed E-state index contributed by atoms with van der Waals surface area (Å²) in [6, 6.07) is 5.52. The summed E-state index contributed by atoms with van der Waals surface area (Å²) in [5.41, 5.74) is 2.16. The molecule has 1 aromatic carbocycles. The zero-order chi connectivity index (χ0) is 14.0. The molecule has 0 saturated heterocycles. The minimum absolute atomic E-state index is 0.0147. The smallest absolute Gasteiger partial charge is 0.327 e. The Hall–Kier alpha value is -1.90. The van der Waals surface area contributed by atoms with Gasteiger partial charge in [-0.3, -0.25) is 0 Å². The molecule has 7 heteroatoms. The molecule has 0 atom stereocenters. The fourth-order valence-corrected chi connectivity index (χ4v) is 1.97. The second-order valence-corrected chi connectivity index (χ2v) is 4.49. The number of aryl methyl sites for hydroxylation is 2. The third-order valence-corrected chi connectivity index (χ3v) is 2.68. The first-order valence-electron chi connectivity index (χ1n) is 5.26. The molecule has 0 aliphatic carbocycles. The summed E-state index contributed by atoms with van der Waals surface area (Å²) in [7, 11) is 0. The van der Waals surface area contributed by atoms with Gasteiger partial charge < -0.3 is 4.74 Å². The Morgan fingerprint density at radius 3 is 2.05 bits per heavy atom. The molecule has 0 fully saturated rings. The van der Waals surface area contributed by atoms with Gasteiger partial charge in [-0.1, -0.05) is 0 Å². The molecule has 0 unspecified atom stereocenters. The fraction of sp³-hybridized carbons (Fsp3) is 0.167. The van der Waals surface area contributed by atoms with Crippen LogP contribution in [-0.2, 0) is 0 Å². The molecular weight excluding hydrogens is 287 g/mol. The summed E-state index contributed by atoms with van der Waals surface area (Å²) >= 11 is 11.3. The molecule has 1 heterocycles. The second kappa shape index (κ2) is 5.39. The minimum atomic E-state index is -0.0426. The number of aromatic nitrogens is 3. The average molecular weight is 295 g/mol. The molecule has 0 aliphatic heterocycles. The molecule has 0 saturated carbocycles. The van der Waals surface area contributed by atoms with Crippen LogP contribution in [0.5, 0.6) is 11.8 Å². The van der Waals surface area contributed by atoms with Crippen molar-refractivity contribution in [3.8, 4) is 17.8 Å². The van der Waals surface area contributed by atoms with Gasteiger partial charge in [-0.15, -0.1) is 0 Å². The van der Waals surface area contributed by atoms with Crippen LogP contribution < -0.4 is 4.74 Å². The normalized spacial score (nSPS) is 10.1. The SMILES string of the molecule is Cc1cc(C#N)cc(C)c1Oc1nc(Cl)nc(Cl)n1. The van der Waals surface area contributed by atoms with Gasteiger partial charge in [-0.25, -0.2) is 0 Å². The summed E-state index contributed by atoms with van der Waals surface area (Å²) in [4.78, 5) is 11.3. The first-order valence-corrected chi connectivity index (χ1v) is 6.01. The van der Waals surface area contributed by atoms with E-state index in [1.165, 1.54) is 0 Å². The van der Waals surface area contributed by atoms with Gasteiger partial charge >= 0.3 is 6.01 Å². The number of benzene rings is 1. The summed E-state index contributed by atoms with van der Waals surface area (Å²) in [5.74, 6) is 0.567. The maximum absolute atomic E-state index is 8.88. The predicted molar refractivity (Wildman–Crippen MR) is 70.6 cm³/mol. The second-order valence-electron chi connectivity index (χ2n) is 3.81. The van der Waals surface area contributed by atoms with E-state index in [4.69, 9.17) is 33.2 Å². The van der Waals surface area contributed by atoms with E-state index < -0.39 is 0 Å². The average Bonchev–Trinajstić information content (AvgIpc) is 2.32. The first-order chi connectivity index (χ1) is 8.99.